The summed E-state index contributed by atoms with van der Waals surface area (Å²) in [5, 5.41) is 0. The molecule has 1 saturated carbocycles. The van der Waals surface area contributed by atoms with Crippen LogP contribution in [0, 0.1) is 5.41 Å². The quantitative estimate of drug-likeness (QED) is 0.838. The lowest BCUT2D eigenvalue weighted by Crippen LogP contribution is -2.39. The fraction of sp³-hybridized carbons (Fsp3) is 0.625. The molecule has 1 aliphatic carbocycles. The van der Waals surface area contributed by atoms with Crippen molar-refractivity contribution < 1.29 is 13.2 Å². The molecule has 21 heavy (non-hydrogen) atoms. The third kappa shape index (κ3) is 3.40. The van der Waals surface area contributed by atoms with Gasteiger partial charge in [-0.15, -0.1) is 0 Å². The van der Waals surface area contributed by atoms with Crippen LogP contribution in [0.5, 0.6) is 5.75 Å². The lowest BCUT2D eigenvalue weighted by molar-refractivity contribution is 0.299. The van der Waals surface area contributed by atoms with Gasteiger partial charge in [0.1, 0.15) is 5.75 Å². The molecule has 1 aromatic carbocycles. The molecule has 1 fully saturated rings. The fourth-order valence-corrected chi connectivity index (χ4v) is 4.82. The average Bonchev–Trinajstić information content (AvgIpc) is 2.79. The molecule has 0 radical (unpaired) electrons. The summed E-state index contributed by atoms with van der Waals surface area (Å²) in [6.07, 6.45) is 2.94. The Kier molecular flexibility index (Phi) is 4.63. The van der Waals surface area contributed by atoms with Crippen molar-refractivity contribution in [2.45, 2.75) is 51.0 Å². The second-order valence-electron chi connectivity index (χ2n) is 6.44. The third-order valence-corrected chi connectivity index (χ3v) is 6.37. The summed E-state index contributed by atoms with van der Waals surface area (Å²) in [7, 11) is -1.86. The Balaban J connectivity index is 2.27. The average molecular weight is 311 g/mol. The Labute approximate surface area is 128 Å². The molecule has 2 rings (SSSR count). The molecule has 0 spiro atoms. The minimum absolute atomic E-state index is 0.108. The smallest absolute Gasteiger partial charge is 0.243 e. The Morgan fingerprint density at radius 1 is 1.29 bits per heavy atom. The first-order chi connectivity index (χ1) is 9.80. The number of hydrogen-bond donors (Lipinski definition) is 0. The van der Waals surface area contributed by atoms with Gasteiger partial charge in [0.25, 0.3) is 0 Å². The standard InChI is InChI=1S/C16H25NO3S/c1-5-17(13-10-11-16(2,3)12-13)21(18,19)15-8-6-14(20-4)7-9-15/h6-9,13H,5,10-12H2,1-4H3. The molecular weight excluding hydrogens is 286 g/mol. The SMILES string of the molecule is CCN(C1CCC(C)(C)C1)S(=O)(=O)c1ccc(OC)cc1. The fourth-order valence-electron chi connectivity index (χ4n) is 3.15. The van der Waals surface area contributed by atoms with Crippen LogP contribution in [-0.2, 0) is 10.0 Å². The van der Waals surface area contributed by atoms with Crippen LogP contribution in [0.3, 0.4) is 0 Å². The van der Waals surface area contributed by atoms with Crippen LogP contribution >= 0.6 is 0 Å². The van der Waals surface area contributed by atoms with Crippen LogP contribution in [0.2, 0.25) is 0 Å². The van der Waals surface area contributed by atoms with Gasteiger partial charge in [-0.1, -0.05) is 20.8 Å². The van der Waals surface area contributed by atoms with Crippen molar-refractivity contribution in [3.05, 3.63) is 24.3 Å². The van der Waals surface area contributed by atoms with E-state index < -0.39 is 10.0 Å². The molecule has 1 unspecified atom stereocenters. The molecule has 0 aromatic heterocycles. The first-order valence-corrected chi connectivity index (χ1v) is 8.90. The van der Waals surface area contributed by atoms with E-state index in [2.05, 4.69) is 13.8 Å². The van der Waals surface area contributed by atoms with E-state index in [4.69, 9.17) is 4.74 Å². The van der Waals surface area contributed by atoms with Crippen molar-refractivity contribution in [1.29, 1.82) is 0 Å². The van der Waals surface area contributed by atoms with Gasteiger partial charge in [-0.3, -0.25) is 0 Å². The highest BCUT2D eigenvalue weighted by Crippen LogP contribution is 2.40. The van der Waals surface area contributed by atoms with Gasteiger partial charge >= 0.3 is 0 Å². The maximum Gasteiger partial charge on any atom is 0.243 e. The van der Waals surface area contributed by atoms with Gasteiger partial charge in [-0.05, 0) is 48.9 Å². The lowest BCUT2D eigenvalue weighted by atomic mass is 9.92. The maximum atomic E-state index is 12.8. The van der Waals surface area contributed by atoms with Crippen molar-refractivity contribution in [2.75, 3.05) is 13.7 Å². The molecule has 0 heterocycles. The monoisotopic (exact) mass is 311 g/mol. The van der Waals surface area contributed by atoms with Gasteiger partial charge in [0.15, 0.2) is 0 Å². The van der Waals surface area contributed by atoms with Crippen LogP contribution in [0.4, 0.5) is 0 Å². The second kappa shape index (κ2) is 5.97. The van der Waals surface area contributed by atoms with Gasteiger partial charge in [0, 0.05) is 12.6 Å². The predicted molar refractivity (Wildman–Crippen MR) is 84.0 cm³/mol. The summed E-state index contributed by atoms with van der Waals surface area (Å²) in [6.45, 7) is 6.84. The van der Waals surface area contributed by atoms with E-state index in [1.54, 1.807) is 35.7 Å². The molecule has 0 saturated heterocycles. The largest absolute Gasteiger partial charge is 0.497 e. The summed E-state index contributed by atoms with van der Waals surface area (Å²) in [5.41, 5.74) is 0.230. The maximum absolute atomic E-state index is 12.8. The van der Waals surface area contributed by atoms with Gasteiger partial charge in [0.2, 0.25) is 10.0 Å². The van der Waals surface area contributed by atoms with Crippen LogP contribution in [0.1, 0.15) is 40.0 Å². The summed E-state index contributed by atoms with van der Waals surface area (Å²) in [5.74, 6) is 0.666. The van der Waals surface area contributed by atoms with Crippen molar-refractivity contribution in [2.24, 2.45) is 5.41 Å². The molecular formula is C16H25NO3S. The van der Waals surface area contributed by atoms with Crippen LogP contribution in [0.25, 0.3) is 0 Å². The number of hydrogen-bond acceptors (Lipinski definition) is 3. The molecule has 1 aliphatic rings. The van der Waals surface area contributed by atoms with Gasteiger partial charge in [-0.2, -0.15) is 4.31 Å². The first kappa shape index (κ1) is 16.3. The first-order valence-electron chi connectivity index (χ1n) is 7.46. The van der Waals surface area contributed by atoms with Crippen molar-refractivity contribution >= 4 is 10.0 Å². The molecule has 0 aliphatic heterocycles. The van der Waals surface area contributed by atoms with E-state index >= 15 is 0 Å². The molecule has 1 aromatic rings. The Bertz CT molecular complexity index is 578. The van der Waals surface area contributed by atoms with Crippen molar-refractivity contribution in [1.82, 2.24) is 4.31 Å². The van der Waals surface area contributed by atoms with E-state index in [0.29, 0.717) is 17.2 Å². The number of rotatable bonds is 5. The summed E-state index contributed by atoms with van der Waals surface area (Å²) in [6, 6.07) is 6.74. The number of ether oxygens (including phenoxy) is 1. The summed E-state index contributed by atoms with van der Waals surface area (Å²) < 4.78 is 32.4. The topological polar surface area (TPSA) is 46.6 Å². The highest BCUT2D eigenvalue weighted by molar-refractivity contribution is 7.89. The molecule has 118 valence electrons. The van der Waals surface area contributed by atoms with Gasteiger partial charge < -0.3 is 4.74 Å². The Morgan fingerprint density at radius 2 is 1.90 bits per heavy atom. The van der Waals surface area contributed by atoms with E-state index in [1.807, 2.05) is 6.92 Å². The molecule has 1 atom stereocenters. The van der Waals surface area contributed by atoms with Crippen LogP contribution in [-0.4, -0.2) is 32.4 Å². The van der Waals surface area contributed by atoms with E-state index in [9.17, 15) is 8.42 Å². The molecule has 4 nitrogen and oxygen atoms in total. The highest BCUT2D eigenvalue weighted by atomic mass is 32.2. The van der Waals surface area contributed by atoms with Gasteiger partial charge in [-0.25, -0.2) is 8.42 Å². The lowest BCUT2D eigenvalue weighted by Gasteiger charge is -2.28. The summed E-state index contributed by atoms with van der Waals surface area (Å²) >= 11 is 0. The molecule has 5 heteroatoms. The molecule has 0 N–H and O–H groups in total. The van der Waals surface area contributed by atoms with E-state index in [-0.39, 0.29) is 11.5 Å². The minimum Gasteiger partial charge on any atom is -0.497 e. The molecule has 0 bridgehead atoms. The minimum atomic E-state index is -3.43. The normalized spacial score (nSPS) is 21.7. The zero-order valence-electron chi connectivity index (χ0n) is 13.3. The zero-order chi connectivity index (χ0) is 15.7. The van der Waals surface area contributed by atoms with Crippen LogP contribution in [0.15, 0.2) is 29.2 Å². The zero-order valence-corrected chi connectivity index (χ0v) is 14.1. The highest BCUT2D eigenvalue weighted by Gasteiger charge is 2.38. The van der Waals surface area contributed by atoms with Crippen molar-refractivity contribution in [3.8, 4) is 5.75 Å². The summed E-state index contributed by atoms with van der Waals surface area (Å²) in [4.78, 5) is 0.342. The molecule has 0 amide bonds. The third-order valence-electron chi connectivity index (χ3n) is 4.33. The van der Waals surface area contributed by atoms with Gasteiger partial charge in [0.05, 0.1) is 12.0 Å². The van der Waals surface area contributed by atoms with Crippen LogP contribution < -0.4 is 4.74 Å². The number of nitrogens with zero attached hydrogens (tertiary/aromatic N) is 1. The van der Waals surface area contributed by atoms with E-state index in [1.165, 1.54) is 0 Å². The van der Waals surface area contributed by atoms with Crippen molar-refractivity contribution in [3.63, 3.8) is 0 Å². The number of benzene rings is 1. The number of methoxy groups -OCH3 is 1. The predicted octanol–water partition coefficient (Wildman–Crippen LogP) is 3.28. The Hall–Kier alpha value is -1.07. The van der Waals surface area contributed by atoms with E-state index in [0.717, 1.165) is 19.3 Å². The Morgan fingerprint density at radius 3 is 2.33 bits per heavy atom. The number of sulfonamides is 1. The second-order valence-corrected chi connectivity index (χ2v) is 8.34.